The monoisotopic (exact) mass is 361 g/mol. The highest BCUT2D eigenvalue weighted by atomic mass is 32.2. The molecule has 128 valence electrons. The quantitative estimate of drug-likeness (QED) is 0.554. The van der Waals surface area contributed by atoms with Crippen molar-refractivity contribution in [2.24, 2.45) is 5.92 Å². The van der Waals surface area contributed by atoms with Crippen molar-refractivity contribution in [1.29, 1.82) is 0 Å². The summed E-state index contributed by atoms with van der Waals surface area (Å²) in [5, 5.41) is 14.9. The van der Waals surface area contributed by atoms with Gasteiger partial charge in [-0.2, -0.15) is 0 Å². The molecule has 0 bridgehead atoms. The van der Waals surface area contributed by atoms with E-state index in [1.54, 1.807) is 6.92 Å². The van der Waals surface area contributed by atoms with Crippen LogP contribution in [0, 0.1) is 5.92 Å². The van der Waals surface area contributed by atoms with Crippen LogP contribution in [0.5, 0.6) is 0 Å². The summed E-state index contributed by atoms with van der Waals surface area (Å²) in [7, 11) is -2.52. The van der Waals surface area contributed by atoms with E-state index in [2.05, 4.69) is 15.4 Å². The number of rotatable bonds is 6. The molecule has 0 spiro atoms. The molecule has 2 heterocycles. The molecule has 1 aromatic heterocycles. The number of carbonyl (C=O) groups excluding carboxylic acids is 1. The fourth-order valence-electron chi connectivity index (χ4n) is 2.35. The standard InChI is InChI=1S/C13H19N3O5S2/c1-7(11(17)14-2)5-16-23(20,21)13-10(12(18)19)8-3-4-15-6-9(8)22-13/h7,15-16H,3-6H2,1-2H3,(H,14,17)(H,18,19). The SMILES string of the molecule is CNC(=O)C(C)CNS(=O)(=O)c1sc2c(c1C(=O)O)CCNC2. The van der Waals surface area contributed by atoms with E-state index in [1.165, 1.54) is 7.05 Å². The molecule has 1 aliphatic heterocycles. The Balaban J connectivity index is 2.31. The highest BCUT2D eigenvalue weighted by Gasteiger charge is 2.32. The summed E-state index contributed by atoms with van der Waals surface area (Å²) in [6.45, 7) is 2.57. The third kappa shape index (κ3) is 3.71. The van der Waals surface area contributed by atoms with Crippen LogP contribution in [0.1, 0.15) is 27.7 Å². The third-order valence-electron chi connectivity index (χ3n) is 3.63. The van der Waals surface area contributed by atoms with Crippen molar-refractivity contribution in [1.82, 2.24) is 15.4 Å². The molecular weight excluding hydrogens is 342 g/mol. The number of thiophene rings is 1. The van der Waals surface area contributed by atoms with Crippen LogP contribution in [0.4, 0.5) is 0 Å². The van der Waals surface area contributed by atoms with Gasteiger partial charge in [0.05, 0.1) is 5.56 Å². The van der Waals surface area contributed by atoms with Gasteiger partial charge in [-0.15, -0.1) is 11.3 Å². The predicted molar refractivity (Wildman–Crippen MR) is 85.1 cm³/mol. The first-order valence-corrected chi connectivity index (χ1v) is 9.37. The van der Waals surface area contributed by atoms with E-state index in [-0.39, 0.29) is 22.2 Å². The fourth-order valence-corrected chi connectivity index (χ4v) is 5.39. The average molecular weight is 361 g/mol. The largest absolute Gasteiger partial charge is 0.478 e. The molecule has 4 N–H and O–H groups in total. The summed E-state index contributed by atoms with van der Waals surface area (Å²) in [5.74, 6) is -2.09. The van der Waals surface area contributed by atoms with E-state index in [0.29, 0.717) is 25.1 Å². The average Bonchev–Trinajstić information content (AvgIpc) is 2.92. The summed E-state index contributed by atoms with van der Waals surface area (Å²) in [5.41, 5.74) is 0.438. The lowest BCUT2D eigenvalue weighted by molar-refractivity contribution is -0.123. The lowest BCUT2D eigenvalue weighted by Gasteiger charge is -2.13. The highest BCUT2D eigenvalue weighted by Crippen LogP contribution is 2.34. The van der Waals surface area contributed by atoms with Crippen molar-refractivity contribution >= 4 is 33.2 Å². The molecule has 1 atom stereocenters. The smallest absolute Gasteiger partial charge is 0.338 e. The Hall–Kier alpha value is -1.49. The summed E-state index contributed by atoms with van der Waals surface area (Å²) in [6.07, 6.45) is 0.484. The molecule has 0 radical (unpaired) electrons. The summed E-state index contributed by atoms with van der Waals surface area (Å²) < 4.78 is 27.1. The Bertz CT molecular complexity index is 726. The van der Waals surface area contributed by atoms with Crippen molar-refractivity contribution in [3.05, 3.63) is 16.0 Å². The Morgan fingerprint density at radius 3 is 2.74 bits per heavy atom. The Morgan fingerprint density at radius 1 is 1.43 bits per heavy atom. The van der Waals surface area contributed by atoms with Gasteiger partial charge in [-0.25, -0.2) is 17.9 Å². The molecule has 1 aliphatic rings. The number of aromatic carboxylic acids is 1. The number of carboxylic acid groups (broad SMARTS) is 1. The number of fused-ring (bicyclic) bond motifs is 1. The van der Waals surface area contributed by atoms with Crippen LogP contribution in [0.3, 0.4) is 0 Å². The van der Waals surface area contributed by atoms with Gasteiger partial charge < -0.3 is 15.7 Å². The van der Waals surface area contributed by atoms with E-state index in [9.17, 15) is 23.1 Å². The number of hydrogen-bond acceptors (Lipinski definition) is 6. The molecule has 10 heteroatoms. The van der Waals surface area contributed by atoms with Gasteiger partial charge in [0.15, 0.2) is 0 Å². The zero-order chi connectivity index (χ0) is 17.2. The van der Waals surface area contributed by atoms with E-state index in [0.717, 1.165) is 16.2 Å². The fraction of sp³-hybridized carbons (Fsp3) is 0.538. The number of sulfonamides is 1. The van der Waals surface area contributed by atoms with Crippen LogP contribution in [-0.2, 0) is 27.8 Å². The summed E-state index contributed by atoms with van der Waals surface area (Å²) >= 11 is 0.969. The number of carboxylic acids is 1. The summed E-state index contributed by atoms with van der Waals surface area (Å²) in [4.78, 5) is 23.7. The van der Waals surface area contributed by atoms with Crippen LogP contribution in [0.25, 0.3) is 0 Å². The molecule has 1 unspecified atom stereocenters. The van der Waals surface area contributed by atoms with E-state index < -0.39 is 21.9 Å². The number of hydrogen-bond donors (Lipinski definition) is 4. The van der Waals surface area contributed by atoms with Gasteiger partial charge in [-0.3, -0.25) is 4.79 Å². The minimum Gasteiger partial charge on any atom is -0.478 e. The van der Waals surface area contributed by atoms with Gasteiger partial charge in [0.2, 0.25) is 5.91 Å². The number of nitrogens with one attached hydrogen (secondary N) is 3. The van der Waals surface area contributed by atoms with Crippen molar-refractivity contribution in [2.75, 3.05) is 20.1 Å². The molecule has 23 heavy (non-hydrogen) atoms. The van der Waals surface area contributed by atoms with Crippen molar-refractivity contribution in [2.45, 2.75) is 24.1 Å². The second-order valence-electron chi connectivity index (χ2n) is 5.27. The first-order chi connectivity index (χ1) is 10.8. The summed E-state index contributed by atoms with van der Waals surface area (Å²) in [6, 6.07) is 0. The topological polar surface area (TPSA) is 125 Å². The van der Waals surface area contributed by atoms with E-state index in [1.807, 2.05) is 0 Å². The van der Waals surface area contributed by atoms with Gasteiger partial charge in [0.25, 0.3) is 10.0 Å². The molecule has 2 rings (SSSR count). The second-order valence-corrected chi connectivity index (χ2v) is 8.33. The maximum atomic E-state index is 12.5. The van der Waals surface area contributed by atoms with Crippen molar-refractivity contribution < 1.29 is 23.1 Å². The first-order valence-electron chi connectivity index (χ1n) is 7.07. The highest BCUT2D eigenvalue weighted by molar-refractivity contribution is 7.91. The third-order valence-corrected chi connectivity index (χ3v) is 6.80. The minimum absolute atomic E-state index is 0.0954. The first kappa shape index (κ1) is 17.9. The second kappa shape index (κ2) is 6.95. The number of amides is 1. The normalized spacial score (nSPS) is 15.7. The van der Waals surface area contributed by atoms with Gasteiger partial charge >= 0.3 is 5.97 Å². The maximum Gasteiger partial charge on any atom is 0.338 e. The predicted octanol–water partition coefficient (Wildman–Crippen LogP) is -0.248. The van der Waals surface area contributed by atoms with Crippen LogP contribution >= 0.6 is 11.3 Å². The molecular formula is C13H19N3O5S2. The van der Waals surface area contributed by atoms with Crippen molar-refractivity contribution in [3.8, 4) is 0 Å². The molecule has 0 aromatic carbocycles. The van der Waals surface area contributed by atoms with E-state index in [4.69, 9.17) is 0 Å². The molecule has 8 nitrogen and oxygen atoms in total. The Kier molecular flexibility index (Phi) is 5.40. The zero-order valence-electron chi connectivity index (χ0n) is 12.8. The Morgan fingerprint density at radius 2 is 2.13 bits per heavy atom. The Labute approximate surface area is 138 Å². The zero-order valence-corrected chi connectivity index (χ0v) is 14.4. The maximum absolute atomic E-state index is 12.5. The van der Waals surface area contributed by atoms with Crippen molar-refractivity contribution in [3.63, 3.8) is 0 Å². The van der Waals surface area contributed by atoms with Gasteiger partial charge in [0.1, 0.15) is 4.21 Å². The molecule has 0 aliphatic carbocycles. The number of carbonyl (C=O) groups is 2. The molecule has 1 amide bonds. The molecule has 1 aromatic rings. The van der Waals surface area contributed by atoms with Gasteiger partial charge in [0, 0.05) is 30.9 Å². The lowest BCUT2D eigenvalue weighted by Crippen LogP contribution is -2.36. The van der Waals surface area contributed by atoms with Crippen LogP contribution in [0.2, 0.25) is 0 Å². The lowest BCUT2D eigenvalue weighted by atomic mass is 10.1. The molecule has 0 fully saturated rings. The molecule has 0 saturated heterocycles. The van der Waals surface area contributed by atoms with Crippen LogP contribution < -0.4 is 15.4 Å². The minimum atomic E-state index is -3.99. The van der Waals surface area contributed by atoms with Crippen LogP contribution in [0.15, 0.2) is 4.21 Å². The van der Waals surface area contributed by atoms with Crippen LogP contribution in [-0.4, -0.2) is 45.5 Å². The van der Waals surface area contributed by atoms with Gasteiger partial charge in [-0.05, 0) is 18.5 Å². The van der Waals surface area contributed by atoms with E-state index >= 15 is 0 Å². The molecule has 0 saturated carbocycles. The van der Waals surface area contributed by atoms with Gasteiger partial charge in [-0.1, -0.05) is 6.92 Å².